The maximum Gasteiger partial charge on any atom is 0.241 e. The number of sulfonamides is 1. The van der Waals surface area contributed by atoms with Crippen molar-refractivity contribution in [2.45, 2.75) is 83.6 Å². The number of nitrogens with one attached hydrogen (secondary N) is 3. The van der Waals surface area contributed by atoms with Gasteiger partial charge in [0.25, 0.3) is 0 Å². The summed E-state index contributed by atoms with van der Waals surface area (Å²) in [6, 6.07) is 21.8. The van der Waals surface area contributed by atoms with Crippen molar-refractivity contribution in [1.29, 1.82) is 0 Å². The Hall–Kier alpha value is -6.31. The molecule has 6 aliphatic rings. The number of pyridine rings is 2. The molecule has 0 radical (unpaired) electrons. The zero-order chi connectivity index (χ0) is 48.8. The van der Waals surface area contributed by atoms with Crippen molar-refractivity contribution in [3.63, 3.8) is 0 Å². The predicted molar refractivity (Wildman–Crippen MR) is 273 cm³/mol. The monoisotopic (exact) mass is 984 g/mol. The number of benzene rings is 2. The molecule has 374 valence electrons. The van der Waals surface area contributed by atoms with E-state index in [2.05, 4.69) is 82.3 Å². The highest BCUT2D eigenvalue weighted by atomic mass is 32.2. The maximum atomic E-state index is 12.2. The number of hydrogen-bond donors (Lipinski definition) is 3. The molecule has 2 aliphatic carbocycles. The van der Waals surface area contributed by atoms with Crippen LogP contribution in [-0.4, -0.2) is 137 Å². The Morgan fingerprint density at radius 1 is 0.634 bits per heavy atom. The van der Waals surface area contributed by atoms with Gasteiger partial charge in [-0.3, -0.25) is 9.59 Å². The molecule has 0 spiro atoms. The Morgan fingerprint density at radius 2 is 1.07 bits per heavy atom. The Kier molecular flexibility index (Phi) is 13.1. The Morgan fingerprint density at radius 3 is 1.46 bits per heavy atom. The van der Waals surface area contributed by atoms with Gasteiger partial charge in [0.1, 0.15) is 23.2 Å². The molecule has 6 fully saturated rings. The normalized spacial score (nSPS) is 21.7. The van der Waals surface area contributed by atoms with Gasteiger partial charge < -0.3 is 44.4 Å². The largest absolute Gasteiger partial charge is 0.473 e. The summed E-state index contributed by atoms with van der Waals surface area (Å²) in [5.41, 5.74) is 9.58. The SMILES string of the molecule is CCS(=O)(=O)N1CCN(c2ccc(-c3cc4ncn(C5CC5)c4c(O[C@H](C)[C@H]4CNC(=O)C4)n3)cc2)CC1.C[C@@H](Oc1nc(-c2ccc(N3CCNCC3)cc2)cc2ncn(C3CC3)c12)[C@H]1CNC(=O)C1. The molecule has 3 N–H and O–H groups in total. The molecule has 4 aliphatic heterocycles. The van der Waals surface area contributed by atoms with E-state index in [-0.39, 0.29) is 41.6 Å². The van der Waals surface area contributed by atoms with Crippen LogP contribution in [0, 0.1) is 11.8 Å². The van der Waals surface area contributed by atoms with Gasteiger partial charge in [-0.25, -0.2) is 28.4 Å². The van der Waals surface area contributed by atoms with Crippen LogP contribution in [0.3, 0.4) is 0 Å². The number of rotatable bonds is 14. The molecule has 0 bridgehead atoms. The number of nitrogens with zero attached hydrogens (tertiary/aromatic N) is 9. The second-order valence-corrected chi connectivity index (χ2v) is 22.2. The molecule has 4 aromatic heterocycles. The van der Waals surface area contributed by atoms with Gasteiger partial charge in [0.2, 0.25) is 33.6 Å². The van der Waals surface area contributed by atoms with Crippen LogP contribution in [0.2, 0.25) is 0 Å². The zero-order valence-electron chi connectivity index (χ0n) is 40.8. The van der Waals surface area contributed by atoms with Gasteiger partial charge in [-0.2, -0.15) is 4.31 Å². The fourth-order valence-corrected chi connectivity index (χ4v) is 11.3. The minimum absolute atomic E-state index is 0.0637. The molecule has 18 nitrogen and oxygen atoms in total. The molecule has 4 atom stereocenters. The molecule has 2 saturated carbocycles. The summed E-state index contributed by atoms with van der Waals surface area (Å²) >= 11 is 0. The second-order valence-electron chi connectivity index (χ2n) is 19.9. The predicted octanol–water partition coefficient (Wildman–Crippen LogP) is 5.55. The molecule has 2 amide bonds. The number of carbonyl (C=O) groups excluding carboxylic acids is 2. The van der Waals surface area contributed by atoms with E-state index < -0.39 is 10.0 Å². The summed E-state index contributed by atoms with van der Waals surface area (Å²) in [4.78, 5) is 47.4. The van der Waals surface area contributed by atoms with Crippen molar-refractivity contribution < 1.29 is 27.5 Å². The molecule has 19 heteroatoms. The van der Waals surface area contributed by atoms with Gasteiger partial charge in [-0.1, -0.05) is 24.3 Å². The lowest BCUT2D eigenvalue weighted by Crippen LogP contribution is -2.49. The van der Waals surface area contributed by atoms with Crippen molar-refractivity contribution in [2.24, 2.45) is 11.8 Å². The average Bonchev–Trinajstić information content (AvgIpc) is 4.22. The van der Waals surface area contributed by atoms with E-state index in [1.807, 2.05) is 44.7 Å². The Balaban J connectivity index is 0.000000155. The number of fused-ring (bicyclic) bond motifs is 2. The van der Waals surface area contributed by atoms with Gasteiger partial charge in [-0.05, 0) is 82.9 Å². The van der Waals surface area contributed by atoms with Crippen LogP contribution in [0.1, 0.15) is 71.4 Å². The first-order valence-corrected chi connectivity index (χ1v) is 27.1. The fourth-order valence-electron chi connectivity index (χ4n) is 10.2. The Labute approximate surface area is 414 Å². The summed E-state index contributed by atoms with van der Waals surface area (Å²) in [7, 11) is -3.15. The summed E-state index contributed by atoms with van der Waals surface area (Å²) in [5, 5.41) is 9.21. The number of imidazole rings is 2. The van der Waals surface area contributed by atoms with E-state index in [9.17, 15) is 18.0 Å². The van der Waals surface area contributed by atoms with Crippen LogP contribution in [0.25, 0.3) is 44.6 Å². The number of carbonyl (C=O) groups is 2. The molecular formula is C52H64N12O6S. The molecule has 2 aromatic carbocycles. The van der Waals surface area contributed by atoms with Crippen molar-refractivity contribution in [2.75, 3.05) is 81.0 Å². The van der Waals surface area contributed by atoms with E-state index >= 15 is 0 Å². The minimum atomic E-state index is -3.15. The molecular weight excluding hydrogens is 921 g/mol. The fraction of sp³-hybridized carbons (Fsp3) is 0.500. The summed E-state index contributed by atoms with van der Waals surface area (Å²) in [6.07, 6.45) is 9.06. The van der Waals surface area contributed by atoms with Gasteiger partial charge in [0, 0.05) is 125 Å². The summed E-state index contributed by atoms with van der Waals surface area (Å²) in [6.45, 7) is 13.4. The third kappa shape index (κ3) is 10.1. The first-order chi connectivity index (χ1) is 34.5. The van der Waals surface area contributed by atoms with Crippen LogP contribution >= 0.6 is 0 Å². The van der Waals surface area contributed by atoms with Crippen LogP contribution in [-0.2, 0) is 19.6 Å². The van der Waals surface area contributed by atoms with Crippen LogP contribution in [0.5, 0.6) is 11.8 Å². The smallest absolute Gasteiger partial charge is 0.241 e. The number of piperazine rings is 2. The quantitative estimate of drug-likeness (QED) is 0.123. The second kappa shape index (κ2) is 19.7. The maximum absolute atomic E-state index is 12.2. The number of ether oxygens (including phenoxy) is 2. The summed E-state index contributed by atoms with van der Waals surface area (Å²) in [5.74, 6) is 1.72. The lowest BCUT2D eigenvalue weighted by molar-refractivity contribution is -0.120. The highest BCUT2D eigenvalue weighted by Gasteiger charge is 2.34. The third-order valence-corrected chi connectivity index (χ3v) is 16.9. The number of hydrogen-bond acceptors (Lipinski definition) is 13. The molecule has 8 heterocycles. The number of anilines is 2. The van der Waals surface area contributed by atoms with Gasteiger partial charge in [0.15, 0.2) is 0 Å². The van der Waals surface area contributed by atoms with Crippen LogP contribution in [0.15, 0.2) is 73.3 Å². The lowest BCUT2D eigenvalue weighted by Gasteiger charge is -2.35. The Bertz CT molecular complexity index is 3010. The first kappa shape index (κ1) is 47.0. The topological polar surface area (TPSA) is 194 Å². The first-order valence-electron chi connectivity index (χ1n) is 25.5. The highest BCUT2D eigenvalue weighted by Crippen LogP contribution is 2.42. The van der Waals surface area contributed by atoms with E-state index in [0.29, 0.717) is 76.0 Å². The van der Waals surface area contributed by atoms with Gasteiger partial charge in [0.05, 0.1) is 40.8 Å². The van der Waals surface area contributed by atoms with Crippen LogP contribution in [0.4, 0.5) is 11.4 Å². The van der Waals surface area contributed by atoms with Gasteiger partial charge in [-0.15, -0.1) is 0 Å². The van der Waals surface area contributed by atoms with Crippen molar-refractivity contribution in [1.82, 2.24) is 49.3 Å². The van der Waals surface area contributed by atoms with Crippen molar-refractivity contribution in [3.05, 3.63) is 73.3 Å². The zero-order valence-corrected chi connectivity index (χ0v) is 41.6. The van der Waals surface area contributed by atoms with E-state index in [1.165, 1.54) is 5.69 Å². The standard InChI is InChI=1S/C27H34N6O4S.C25H30N6O2/c1-3-38(35,36)32-12-10-31(11-13-32)21-6-4-19(5-7-21)23-15-24-26(33(17-29-24)22-8-9-22)27(30-23)37-18(2)20-14-25(34)28-16-20;1-16(18-12-23(32)27-14-18)33-25-24-22(28-15-31(24)20-6-7-20)13-21(29-25)17-2-4-19(5-3-17)30-10-8-26-9-11-30/h4-7,15,17-18,20,22H,3,8-14,16H2,1-2H3,(H,28,34);2-5,13,15-16,18,20,26H,6-12,14H2,1H3,(H,27,32)/t18-,20-;16-,18-/m11/s1. The molecule has 0 unspecified atom stereocenters. The van der Waals surface area contributed by atoms with Gasteiger partial charge >= 0.3 is 0 Å². The van der Waals surface area contributed by atoms with E-state index in [4.69, 9.17) is 24.4 Å². The minimum Gasteiger partial charge on any atom is -0.473 e. The average molecular weight is 985 g/mol. The lowest BCUT2D eigenvalue weighted by atomic mass is 10.0. The van der Waals surface area contributed by atoms with E-state index in [1.54, 1.807) is 11.2 Å². The van der Waals surface area contributed by atoms with Crippen molar-refractivity contribution in [3.8, 4) is 34.3 Å². The third-order valence-electron chi connectivity index (χ3n) is 15.0. The molecule has 12 rings (SSSR count). The molecule has 71 heavy (non-hydrogen) atoms. The van der Waals surface area contributed by atoms with E-state index in [0.717, 1.165) is 102 Å². The van der Waals surface area contributed by atoms with Crippen molar-refractivity contribution >= 4 is 55.3 Å². The molecule has 6 aromatic rings. The van der Waals surface area contributed by atoms with Crippen LogP contribution < -0.4 is 35.2 Å². The summed E-state index contributed by atoms with van der Waals surface area (Å²) < 4.78 is 43.2. The highest BCUT2D eigenvalue weighted by molar-refractivity contribution is 7.89. The number of amides is 2. The molecule has 4 saturated heterocycles. The number of aromatic nitrogens is 6.